The number of phenolic OH excluding ortho intramolecular Hbond substituents is 1. The van der Waals surface area contributed by atoms with Gasteiger partial charge in [-0.2, -0.15) is 11.8 Å². The van der Waals surface area contributed by atoms with Gasteiger partial charge in [-0.25, -0.2) is 4.79 Å². The van der Waals surface area contributed by atoms with Crippen LogP contribution in [-0.2, 0) is 23.9 Å². The highest BCUT2D eigenvalue weighted by Gasteiger charge is 2.47. The Kier molecular flexibility index (Phi) is 7.66. The molecule has 0 saturated carbocycles. The van der Waals surface area contributed by atoms with Gasteiger partial charge in [0.2, 0.25) is 0 Å². The van der Waals surface area contributed by atoms with Crippen LogP contribution in [0.25, 0.3) is 0 Å². The summed E-state index contributed by atoms with van der Waals surface area (Å²) in [4.78, 5) is 39.1. The van der Waals surface area contributed by atoms with Gasteiger partial charge in [0.05, 0.1) is 12.7 Å². The maximum Gasteiger partial charge on any atom is 0.336 e. The lowest BCUT2D eigenvalue weighted by Crippen LogP contribution is -2.43. The third kappa shape index (κ3) is 4.70. The Morgan fingerprint density at radius 3 is 2.72 bits per heavy atom. The molecule has 1 heterocycles. The van der Waals surface area contributed by atoms with Gasteiger partial charge in [0.15, 0.2) is 5.78 Å². The number of carbonyl (C=O) groups excluding carboxylic acids is 3. The number of rotatable bonds is 7. The third-order valence-electron chi connectivity index (χ3n) is 5.83. The molecule has 0 saturated heterocycles. The van der Waals surface area contributed by atoms with E-state index in [2.05, 4.69) is 5.32 Å². The summed E-state index contributed by atoms with van der Waals surface area (Å²) in [6, 6.07) is 6.48. The second-order valence-corrected chi connectivity index (χ2v) is 9.36. The van der Waals surface area contributed by atoms with E-state index in [4.69, 9.17) is 9.47 Å². The molecule has 1 aliphatic heterocycles. The number of ketones is 1. The fourth-order valence-corrected chi connectivity index (χ4v) is 4.89. The first-order valence-corrected chi connectivity index (χ1v) is 11.8. The lowest BCUT2D eigenvalue weighted by Gasteiger charge is -2.38. The predicted octanol–water partition coefficient (Wildman–Crippen LogP) is 3.30. The van der Waals surface area contributed by atoms with Crippen LogP contribution in [0.5, 0.6) is 5.75 Å². The Morgan fingerprint density at radius 2 is 2.06 bits per heavy atom. The molecule has 1 aliphatic carbocycles. The molecule has 1 aromatic carbocycles. The van der Waals surface area contributed by atoms with Gasteiger partial charge in [-0.05, 0) is 42.7 Å². The number of hydrogen-bond acceptors (Lipinski definition) is 8. The van der Waals surface area contributed by atoms with Crippen molar-refractivity contribution >= 4 is 29.5 Å². The molecule has 172 valence electrons. The summed E-state index contributed by atoms with van der Waals surface area (Å²) in [5.74, 6) is -1.81. The molecule has 2 N–H and O–H groups in total. The third-order valence-corrected chi connectivity index (χ3v) is 6.70. The first-order valence-electron chi connectivity index (χ1n) is 10.7. The molecule has 0 unspecified atom stereocenters. The normalized spacial score (nSPS) is 22.9. The minimum atomic E-state index is -0.947. The molecule has 0 bridgehead atoms. The van der Waals surface area contributed by atoms with E-state index in [1.54, 1.807) is 30.8 Å². The number of phenols is 1. The molecule has 7 nitrogen and oxygen atoms in total. The molecule has 8 heteroatoms. The van der Waals surface area contributed by atoms with Crippen LogP contribution < -0.4 is 5.32 Å². The average Bonchev–Trinajstić information content (AvgIpc) is 2.75. The maximum atomic E-state index is 13.6. The Hall–Kier alpha value is -2.74. The van der Waals surface area contributed by atoms with Crippen molar-refractivity contribution in [3.8, 4) is 5.75 Å². The first kappa shape index (κ1) is 23.9. The molecule has 3 rings (SSSR count). The number of Topliss-reactive ketones (excluding diaryl/α,β-unsaturated/α-hetero) is 1. The van der Waals surface area contributed by atoms with E-state index >= 15 is 0 Å². The summed E-state index contributed by atoms with van der Waals surface area (Å²) in [5.41, 5.74) is 2.53. The summed E-state index contributed by atoms with van der Waals surface area (Å²) < 4.78 is 10.4. The monoisotopic (exact) mass is 459 g/mol. The minimum Gasteiger partial charge on any atom is -0.508 e. The van der Waals surface area contributed by atoms with Crippen LogP contribution in [-0.4, -0.2) is 48.1 Å². The zero-order chi connectivity index (χ0) is 23.4. The van der Waals surface area contributed by atoms with Crippen LogP contribution in [0.15, 0.2) is 46.8 Å². The molecule has 3 atom stereocenters. The van der Waals surface area contributed by atoms with Crippen LogP contribution >= 0.6 is 11.8 Å². The molecule has 0 aromatic heterocycles. The van der Waals surface area contributed by atoms with Gasteiger partial charge in [-0.1, -0.05) is 26.0 Å². The summed E-state index contributed by atoms with van der Waals surface area (Å²) >= 11 is 1.66. The molecular weight excluding hydrogens is 430 g/mol. The Balaban J connectivity index is 2.07. The van der Waals surface area contributed by atoms with Crippen molar-refractivity contribution in [2.24, 2.45) is 11.8 Å². The lowest BCUT2D eigenvalue weighted by atomic mass is 9.69. The number of ether oxygens (including phenoxy) is 2. The van der Waals surface area contributed by atoms with Crippen LogP contribution in [0.3, 0.4) is 0 Å². The van der Waals surface area contributed by atoms with Gasteiger partial charge in [0.1, 0.15) is 18.3 Å². The summed E-state index contributed by atoms with van der Waals surface area (Å²) in [6.45, 7) is 5.90. The van der Waals surface area contributed by atoms with Gasteiger partial charge in [0.25, 0.3) is 0 Å². The maximum absolute atomic E-state index is 13.6. The van der Waals surface area contributed by atoms with Crippen molar-refractivity contribution in [3.05, 3.63) is 52.4 Å². The van der Waals surface area contributed by atoms with E-state index in [0.29, 0.717) is 40.3 Å². The van der Waals surface area contributed by atoms with Crippen LogP contribution in [0, 0.1) is 11.8 Å². The Labute approximate surface area is 192 Å². The number of esters is 2. The number of hydrogen-bond donors (Lipinski definition) is 2. The van der Waals surface area contributed by atoms with E-state index in [1.807, 2.05) is 13.8 Å². The fraction of sp³-hybridized carbons (Fsp3) is 0.458. The first-order chi connectivity index (χ1) is 15.3. The van der Waals surface area contributed by atoms with Gasteiger partial charge in [0, 0.05) is 28.6 Å². The van der Waals surface area contributed by atoms with Crippen LogP contribution in [0.1, 0.15) is 38.7 Å². The van der Waals surface area contributed by atoms with Gasteiger partial charge in [-0.3, -0.25) is 9.59 Å². The highest BCUT2D eigenvalue weighted by molar-refractivity contribution is 7.99. The summed E-state index contributed by atoms with van der Waals surface area (Å²) in [7, 11) is 1.26. The standard InChI is InChI=1S/C24H29NO6S/c1-5-32-10-9-31-24(29)19-14(3)25-17-11-13(2)18(23(28)30-4)22(27)21(17)20(19)15-7-6-8-16(26)12-15/h6-8,12-13,18,20,25-26H,5,9-11H2,1-4H3/t13-,18-,20+/m1/s1. The number of benzene rings is 1. The SMILES string of the molecule is CCSCCOC(=O)C1=C(C)NC2=C(C(=O)[C@H](C(=O)OC)[C@H](C)C2)[C@H]1c1cccc(O)c1. The molecule has 2 aliphatic rings. The lowest BCUT2D eigenvalue weighted by molar-refractivity contribution is -0.151. The van der Waals surface area contributed by atoms with Crippen molar-refractivity contribution < 1.29 is 29.0 Å². The average molecular weight is 460 g/mol. The smallest absolute Gasteiger partial charge is 0.336 e. The molecule has 0 radical (unpaired) electrons. The second-order valence-electron chi connectivity index (χ2n) is 7.96. The van der Waals surface area contributed by atoms with E-state index in [-0.39, 0.29) is 24.1 Å². The van der Waals surface area contributed by atoms with E-state index in [9.17, 15) is 19.5 Å². The van der Waals surface area contributed by atoms with Crippen molar-refractivity contribution in [3.63, 3.8) is 0 Å². The molecule has 32 heavy (non-hydrogen) atoms. The predicted molar refractivity (Wildman–Crippen MR) is 122 cm³/mol. The number of thioether (sulfide) groups is 1. The largest absolute Gasteiger partial charge is 0.508 e. The number of dihydropyridines is 1. The van der Waals surface area contributed by atoms with Crippen molar-refractivity contribution in [1.29, 1.82) is 0 Å². The number of aromatic hydroxyl groups is 1. The summed E-state index contributed by atoms with van der Waals surface area (Å²) in [6.07, 6.45) is 0.461. The molecule has 0 amide bonds. The van der Waals surface area contributed by atoms with Crippen molar-refractivity contribution in [2.75, 3.05) is 25.2 Å². The number of carbonyl (C=O) groups is 3. The highest BCUT2D eigenvalue weighted by atomic mass is 32.2. The van der Waals surface area contributed by atoms with Gasteiger partial charge in [-0.15, -0.1) is 0 Å². The molecule has 0 fully saturated rings. The van der Waals surface area contributed by atoms with E-state index < -0.39 is 23.8 Å². The van der Waals surface area contributed by atoms with Crippen LogP contribution in [0.4, 0.5) is 0 Å². The zero-order valence-electron chi connectivity index (χ0n) is 18.8. The molecule has 0 spiro atoms. The van der Waals surface area contributed by atoms with Gasteiger partial charge >= 0.3 is 11.9 Å². The minimum absolute atomic E-state index is 0.0223. The number of allylic oxidation sites excluding steroid dienone is 3. The Morgan fingerprint density at radius 1 is 1.31 bits per heavy atom. The van der Waals surface area contributed by atoms with Crippen LogP contribution in [0.2, 0.25) is 0 Å². The molecular formula is C24H29NO6S. The fourth-order valence-electron chi connectivity index (χ4n) is 4.40. The van der Waals surface area contributed by atoms with Gasteiger partial charge < -0.3 is 19.9 Å². The second kappa shape index (κ2) is 10.3. The Bertz CT molecular complexity index is 982. The topological polar surface area (TPSA) is 102 Å². The van der Waals surface area contributed by atoms with Crippen molar-refractivity contribution in [2.45, 2.75) is 33.1 Å². The quantitative estimate of drug-likeness (QED) is 0.364. The molecule has 1 aromatic rings. The van der Waals surface area contributed by atoms with E-state index in [0.717, 1.165) is 5.75 Å². The number of nitrogens with one attached hydrogen (secondary N) is 1. The zero-order valence-corrected chi connectivity index (χ0v) is 19.6. The summed E-state index contributed by atoms with van der Waals surface area (Å²) in [5, 5.41) is 13.3. The van der Waals surface area contributed by atoms with Crippen molar-refractivity contribution in [1.82, 2.24) is 5.32 Å². The highest BCUT2D eigenvalue weighted by Crippen LogP contribution is 2.45. The van der Waals surface area contributed by atoms with E-state index in [1.165, 1.54) is 19.2 Å². The number of methoxy groups -OCH3 is 1.